The number of aliphatic hydroxyl groups is 1. The number of nitrogens with one attached hydrogen (secondary N) is 1. The smallest absolute Gasteiger partial charge is 0.382 e. The molecule has 1 aliphatic carbocycles. The number of nitrogens with zero attached hydrogens (tertiary/aromatic N) is 8. The Morgan fingerprint density at radius 2 is 1.85 bits per heavy atom. The largest absolute Gasteiger partial charge is 0.416 e. The van der Waals surface area contributed by atoms with Crippen LogP contribution in [0.5, 0.6) is 0 Å². The third kappa shape index (κ3) is 6.84. The van der Waals surface area contributed by atoms with Crippen molar-refractivity contribution in [3.8, 4) is 17.1 Å². The Kier molecular flexibility index (Phi) is 8.86. The summed E-state index contributed by atoms with van der Waals surface area (Å²) in [6.07, 6.45) is -5.76. The first-order valence-corrected chi connectivity index (χ1v) is 15.0. The lowest BCUT2D eigenvalue weighted by Gasteiger charge is -2.25. The number of benzene rings is 1. The molecule has 252 valence electrons. The lowest BCUT2D eigenvalue weighted by molar-refractivity contribution is -0.207. The summed E-state index contributed by atoms with van der Waals surface area (Å²) in [6, 6.07) is 6.38. The molecule has 6 rings (SSSR count). The van der Waals surface area contributed by atoms with Crippen molar-refractivity contribution < 1.29 is 37.1 Å². The zero-order valence-corrected chi connectivity index (χ0v) is 25.5. The number of pyridine rings is 1. The molecule has 1 aliphatic heterocycles. The van der Waals surface area contributed by atoms with E-state index in [4.69, 9.17) is 11.6 Å². The number of piperidine rings is 1. The fourth-order valence-corrected chi connectivity index (χ4v) is 5.24. The maximum absolute atomic E-state index is 13.7. The molecule has 3 atom stereocenters. The molecular weight excluding hydrogens is 666 g/mol. The quantitative estimate of drug-likeness (QED) is 0.249. The third-order valence-corrected chi connectivity index (χ3v) is 7.98. The van der Waals surface area contributed by atoms with Crippen molar-refractivity contribution in [2.24, 2.45) is 0 Å². The predicted molar refractivity (Wildman–Crippen MR) is 158 cm³/mol. The number of hydrogen-bond acceptors (Lipinski definition) is 9. The van der Waals surface area contributed by atoms with Gasteiger partial charge in [-0.2, -0.15) is 13.2 Å². The van der Waals surface area contributed by atoms with Crippen LogP contribution in [0.25, 0.3) is 17.1 Å². The molecule has 19 heteroatoms. The number of Topliss-reactive ketones (excluding diaryl/α,β-unsaturated/α-hetero) is 1. The van der Waals surface area contributed by atoms with E-state index in [1.54, 1.807) is 0 Å². The predicted octanol–water partition coefficient (Wildman–Crippen LogP) is 1.96. The van der Waals surface area contributed by atoms with E-state index in [0.717, 1.165) is 9.36 Å². The van der Waals surface area contributed by atoms with Gasteiger partial charge < -0.3 is 15.3 Å². The van der Waals surface area contributed by atoms with Gasteiger partial charge in [-0.15, -0.1) is 10.2 Å². The van der Waals surface area contributed by atoms with Crippen molar-refractivity contribution in [3.63, 3.8) is 0 Å². The molecule has 3 aromatic heterocycles. The molecule has 4 heterocycles. The Balaban J connectivity index is 1.42. The second-order valence-electron chi connectivity index (χ2n) is 11.3. The van der Waals surface area contributed by atoms with Gasteiger partial charge in [-0.25, -0.2) is 23.5 Å². The standard InChI is InChI=1S/C29H26ClF4N9O5/c30-16-5-3-15(4-6-16)24-39-42(28(48)41(24)13-22(45)29(32,33)34)14-23-37-25(27(47)40-9-1-2-17(44)12-40)43(38-23)21-11-35-8-7-18(21)26(46)36-20-10-19(20)31/h3-8,11,19-20,22,45H,1-2,9-10,12-14H2,(H,36,46)/t19-,20+,22+/m1/s1. The van der Waals surface area contributed by atoms with Crippen LogP contribution in [0.3, 0.4) is 0 Å². The summed E-state index contributed by atoms with van der Waals surface area (Å²) in [5.41, 5.74) is -0.895. The van der Waals surface area contributed by atoms with Crippen LogP contribution in [0.1, 0.15) is 46.1 Å². The number of likely N-dealkylation sites (tertiary alicyclic amines) is 1. The molecule has 2 amide bonds. The first kappa shape index (κ1) is 33.0. The number of ketones is 1. The molecule has 0 spiro atoms. The van der Waals surface area contributed by atoms with Crippen LogP contribution >= 0.6 is 11.6 Å². The van der Waals surface area contributed by atoms with Crippen molar-refractivity contribution in [1.29, 1.82) is 0 Å². The Hall–Kier alpha value is -4.97. The molecule has 2 N–H and O–H groups in total. The van der Waals surface area contributed by atoms with Crippen LogP contribution < -0.4 is 11.0 Å². The van der Waals surface area contributed by atoms with E-state index in [2.05, 4.69) is 25.5 Å². The highest BCUT2D eigenvalue weighted by molar-refractivity contribution is 6.30. The molecule has 0 unspecified atom stereocenters. The molecule has 0 radical (unpaired) electrons. The van der Waals surface area contributed by atoms with Gasteiger partial charge in [0.25, 0.3) is 11.8 Å². The third-order valence-electron chi connectivity index (χ3n) is 7.73. The monoisotopic (exact) mass is 691 g/mol. The summed E-state index contributed by atoms with van der Waals surface area (Å²) in [5, 5.41) is 21.2. The molecule has 4 aromatic rings. The van der Waals surface area contributed by atoms with E-state index in [1.165, 1.54) is 47.6 Å². The highest BCUT2D eigenvalue weighted by Crippen LogP contribution is 2.27. The minimum absolute atomic E-state index is 0.0236. The van der Waals surface area contributed by atoms with Gasteiger partial charge in [-0.3, -0.25) is 23.9 Å². The van der Waals surface area contributed by atoms with E-state index >= 15 is 0 Å². The van der Waals surface area contributed by atoms with Gasteiger partial charge in [0.1, 0.15) is 12.7 Å². The maximum Gasteiger partial charge on any atom is 0.416 e. The van der Waals surface area contributed by atoms with Gasteiger partial charge in [-0.1, -0.05) is 11.6 Å². The summed E-state index contributed by atoms with van der Waals surface area (Å²) in [5.74, 6) is -2.37. The highest BCUT2D eigenvalue weighted by Gasteiger charge is 2.40. The minimum Gasteiger partial charge on any atom is -0.382 e. The van der Waals surface area contributed by atoms with Crippen molar-refractivity contribution in [2.45, 2.75) is 56.8 Å². The van der Waals surface area contributed by atoms with Gasteiger partial charge in [0, 0.05) is 36.2 Å². The number of carbonyl (C=O) groups is 3. The number of amides is 2. The zero-order valence-electron chi connectivity index (χ0n) is 24.8. The van der Waals surface area contributed by atoms with Gasteiger partial charge in [0.2, 0.25) is 5.82 Å². The number of halogens is 5. The van der Waals surface area contributed by atoms with Crippen LogP contribution in [0.15, 0.2) is 47.5 Å². The van der Waals surface area contributed by atoms with E-state index in [0.29, 0.717) is 16.0 Å². The van der Waals surface area contributed by atoms with Gasteiger partial charge in [-0.05, 0) is 36.8 Å². The summed E-state index contributed by atoms with van der Waals surface area (Å²) >= 11 is 5.95. The van der Waals surface area contributed by atoms with Crippen LogP contribution in [-0.2, 0) is 17.9 Å². The van der Waals surface area contributed by atoms with E-state index < -0.39 is 55.1 Å². The van der Waals surface area contributed by atoms with Gasteiger partial charge in [0.15, 0.2) is 23.5 Å². The Morgan fingerprint density at radius 3 is 2.52 bits per heavy atom. The molecule has 2 fully saturated rings. The molecule has 2 aliphatic rings. The lowest BCUT2D eigenvalue weighted by atomic mass is 10.1. The summed E-state index contributed by atoms with van der Waals surface area (Å²) in [4.78, 5) is 62.0. The first-order chi connectivity index (χ1) is 22.8. The van der Waals surface area contributed by atoms with Gasteiger partial charge >= 0.3 is 11.9 Å². The van der Waals surface area contributed by atoms with Crippen LogP contribution in [-0.4, -0.2) is 99.3 Å². The zero-order chi connectivity index (χ0) is 34.3. The average Bonchev–Trinajstić information content (AvgIpc) is 3.44. The van der Waals surface area contributed by atoms with Crippen LogP contribution in [0.2, 0.25) is 5.02 Å². The van der Waals surface area contributed by atoms with E-state index in [-0.39, 0.29) is 66.0 Å². The summed E-state index contributed by atoms with van der Waals surface area (Å²) in [7, 11) is 0. The molecule has 14 nitrogen and oxygen atoms in total. The van der Waals surface area contributed by atoms with E-state index in [1.807, 2.05) is 0 Å². The molecule has 1 aromatic carbocycles. The normalized spacial score (nSPS) is 18.5. The number of alkyl halides is 4. The fourth-order valence-electron chi connectivity index (χ4n) is 5.12. The number of carbonyl (C=O) groups excluding carboxylic acids is 3. The Labute approximate surface area is 272 Å². The Bertz CT molecular complexity index is 1940. The second kappa shape index (κ2) is 12.9. The molecule has 1 saturated heterocycles. The SMILES string of the molecule is O=C1CCCN(C(=O)c2nc(Cn3nc(-c4ccc(Cl)cc4)n(C[C@H](O)C(F)(F)F)c3=O)nn2-c2cnccc2C(=O)N[C@H]2C[C@H]2F)C1. The number of aromatic nitrogens is 7. The maximum atomic E-state index is 13.7. The second-order valence-corrected chi connectivity index (χ2v) is 11.7. The van der Waals surface area contributed by atoms with E-state index in [9.17, 15) is 41.8 Å². The van der Waals surface area contributed by atoms with Crippen molar-refractivity contribution in [1.82, 2.24) is 44.3 Å². The van der Waals surface area contributed by atoms with Crippen molar-refractivity contribution in [2.75, 3.05) is 13.1 Å². The van der Waals surface area contributed by atoms with Crippen molar-refractivity contribution in [3.05, 3.63) is 75.4 Å². The van der Waals surface area contributed by atoms with Crippen molar-refractivity contribution >= 4 is 29.2 Å². The van der Waals surface area contributed by atoms with Crippen LogP contribution in [0.4, 0.5) is 17.6 Å². The number of hydrogen-bond donors (Lipinski definition) is 2. The number of rotatable bonds is 9. The molecular formula is C29H26ClF4N9O5. The average molecular weight is 692 g/mol. The highest BCUT2D eigenvalue weighted by atomic mass is 35.5. The number of aliphatic hydroxyl groups excluding tert-OH is 1. The minimum atomic E-state index is -5.04. The summed E-state index contributed by atoms with van der Waals surface area (Å²) < 4.78 is 55.9. The van der Waals surface area contributed by atoms with Crippen LogP contribution in [0, 0.1) is 0 Å². The topological polar surface area (TPSA) is 170 Å². The molecule has 48 heavy (non-hydrogen) atoms. The Morgan fingerprint density at radius 1 is 1.12 bits per heavy atom. The molecule has 0 bridgehead atoms. The molecule has 1 saturated carbocycles. The van der Waals surface area contributed by atoms with Gasteiger partial charge in [0.05, 0.1) is 36.6 Å². The fraction of sp³-hybridized carbons (Fsp3) is 0.379. The first-order valence-electron chi connectivity index (χ1n) is 14.6. The summed E-state index contributed by atoms with van der Waals surface area (Å²) in [6.45, 7) is -1.71. The lowest BCUT2D eigenvalue weighted by Crippen LogP contribution is -2.41.